The second kappa shape index (κ2) is 5.48. The monoisotopic (exact) mass is 264 g/mol. The minimum Gasteiger partial charge on any atom is -0.454 e. The van der Waals surface area contributed by atoms with Crippen molar-refractivity contribution >= 4 is 5.91 Å². The van der Waals surface area contributed by atoms with Gasteiger partial charge in [0.25, 0.3) is 5.91 Å². The van der Waals surface area contributed by atoms with Crippen molar-refractivity contribution in [3.05, 3.63) is 23.8 Å². The third-order valence-electron chi connectivity index (χ3n) is 3.18. The smallest absolute Gasteiger partial charge is 0.251 e. The molecular weight excluding hydrogens is 244 g/mol. The van der Waals surface area contributed by atoms with Gasteiger partial charge in [0.05, 0.1) is 0 Å². The molecule has 19 heavy (non-hydrogen) atoms. The van der Waals surface area contributed by atoms with Crippen molar-refractivity contribution in [3.63, 3.8) is 0 Å². The number of carbonyl (C=O) groups excluding carboxylic acids is 1. The van der Waals surface area contributed by atoms with Crippen LogP contribution >= 0.6 is 0 Å². The SMILES string of the molecule is CC(C)(CCN)CNC(=O)c1ccc2c(c1)OCO2. The highest BCUT2D eigenvalue weighted by molar-refractivity contribution is 5.94. The van der Waals surface area contributed by atoms with Gasteiger partial charge in [0.2, 0.25) is 6.79 Å². The molecule has 1 aliphatic heterocycles. The second-order valence-electron chi connectivity index (χ2n) is 5.45. The molecule has 2 rings (SSSR count). The second-order valence-corrected chi connectivity index (χ2v) is 5.45. The number of hydrogen-bond donors (Lipinski definition) is 2. The zero-order chi connectivity index (χ0) is 13.9. The van der Waals surface area contributed by atoms with E-state index in [0.717, 1.165) is 6.42 Å². The van der Waals surface area contributed by atoms with Crippen LogP contribution in [0, 0.1) is 5.41 Å². The van der Waals surface area contributed by atoms with Gasteiger partial charge in [-0.3, -0.25) is 4.79 Å². The van der Waals surface area contributed by atoms with E-state index in [1.165, 1.54) is 0 Å². The molecule has 0 spiro atoms. The Morgan fingerprint density at radius 1 is 1.37 bits per heavy atom. The van der Waals surface area contributed by atoms with Crippen LogP contribution in [0.5, 0.6) is 11.5 Å². The fourth-order valence-electron chi connectivity index (χ4n) is 1.94. The van der Waals surface area contributed by atoms with Gasteiger partial charge in [-0.25, -0.2) is 0 Å². The number of hydrogen-bond acceptors (Lipinski definition) is 4. The van der Waals surface area contributed by atoms with Gasteiger partial charge in [-0.15, -0.1) is 0 Å². The Balaban J connectivity index is 1.97. The first kappa shape index (κ1) is 13.7. The van der Waals surface area contributed by atoms with E-state index in [9.17, 15) is 4.79 Å². The molecule has 0 radical (unpaired) electrons. The molecule has 0 bridgehead atoms. The van der Waals surface area contributed by atoms with Gasteiger partial charge in [-0.2, -0.15) is 0 Å². The lowest BCUT2D eigenvalue weighted by Gasteiger charge is -2.24. The van der Waals surface area contributed by atoms with Crippen molar-refractivity contribution in [2.75, 3.05) is 19.9 Å². The van der Waals surface area contributed by atoms with Crippen LogP contribution in [0.4, 0.5) is 0 Å². The summed E-state index contributed by atoms with van der Waals surface area (Å²) in [5.74, 6) is 1.19. The Kier molecular flexibility index (Phi) is 3.95. The summed E-state index contributed by atoms with van der Waals surface area (Å²) in [6, 6.07) is 5.19. The number of nitrogens with one attached hydrogen (secondary N) is 1. The van der Waals surface area contributed by atoms with Crippen molar-refractivity contribution < 1.29 is 14.3 Å². The summed E-state index contributed by atoms with van der Waals surface area (Å²) < 4.78 is 10.5. The molecule has 1 aliphatic rings. The van der Waals surface area contributed by atoms with Crippen LogP contribution in [0.15, 0.2) is 18.2 Å². The lowest BCUT2D eigenvalue weighted by atomic mass is 9.89. The molecule has 0 unspecified atom stereocenters. The molecule has 0 aliphatic carbocycles. The molecule has 0 saturated carbocycles. The van der Waals surface area contributed by atoms with Crippen molar-refractivity contribution in [3.8, 4) is 11.5 Å². The maximum Gasteiger partial charge on any atom is 0.251 e. The number of fused-ring (bicyclic) bond motifs is 1. The van der Waals surface area contributed by atoms with Crippen LogP contribution < -0.4 is 20.5 Å². The highest BCUT2D eigenvalue weighted by Crippen LogP contribution is 2.32. The molecule has 104 valence electrons. The standard InChI is InChI=1S/C14H20N2O3/c1-14(2,5-6-15)8-16-13(17)10-3-4-11-12(7-10)19-9-18-11/h3-4,7H,5-6,8-9,15H2,1-2H3,(H,16,17). The zero-order valence-corrected chi connectivity index (χ0v) is 11.4. The predicted octanol–water partition coefficient (Wildman–Crippen LogP) is 1.52. The summed E-state index contributed by atoms with van der Waals surface area (Å²) in [5, 5.41) is 2.92. The van der Waals surface area contributed by atoms with Gasteiger partial charge >= 0.3 is 0 Å². The third kappa shape index (κ3) is 3.38. The molecule has 5 heteroatoms. The number of carbonyl (C=O) groups is 1. The van der Waals surface area contributed by atoms with Crippen LogP contribution in [-0.4, -0.2) is 25.8 Å². The summed E-state index contributed by atoms with van der Waals surface area (Å²) in [6.45, 7) is 5.59. The maximum atomic E-state index is 12.1. The molecule has 1 heterocycles. The van der Waals surface area contributed by atoms with Crippen molar-refractivity contribution in [2.24, 2.45) is 11.1 Å². The Morgan fingerprint density at radius 3 is 2.84 bits per heavy atom. The Hall–Kier alpha value is -1.75. The summed E-state index contributed by atoms with van der Waals surface area (Å²) in [4.78, 5) is 12.1. The largest absolute Gasteiger partial charge is 0.454 e. The zero-order valence-electron chi connectivity index (χ0n) is 11.4. The number of amides is 1. The lowest BCUT2D eigenvalue weighted by Crippen LogP contribution is -2.35. The predicted molar refractivity (Wildman–Crippen MR) is 72.4 cm³/mol. The topological polar surface area (TPSA) is 73.6 Å². The van der Waals surface area contributed by atoms with Crippen molar-refractivity contribution in [2.45, 2.75) is 20.3 Å². The van der Waals surface area contributed by atoms with E-state index >= 15 is 0 Å². The van der Waals surface area contributed by atoms with E-state index in [4.69, 9.17) is 15.2 Å². The molecule has 1 amide bonds. The number of benzene rings is 1. The normalized spacial score (nSPS) is 13.4. The van der Waals surface area contributed by atoms with E-state index in [0.29, 0.717) is 30.2 Å². The van der Waals surface area contributed by atoms with Gasteiger partial charge in [0, 0.05) is 12.1 Å². The van der Waals surface area contributed by atoms with Gasteiger partial charge in [-0.1, -0.05) is 13.8 Å². The fraction of sp³-hybridized carbons (Fsp3) is 0.500. The lowest BCUT2D eigenvalue weighted by molar-refractivity contribution is 0.0934. The highest BCUT2D eigenvalue weighted by Gasteiger charge is 2.20. The van der Waals surface area contributed by atoms with E-state index in [2.05, 4.69) is 19.2 Å². The molecular formula is C14H20N2O3. The molecule has 3 N–H and O–H groups in total. The quantitative estimate of drug-likeness (QED) is 0.845. The third-order valence-corrected chi connectivity index (χ3v) is 3.18. The molecule has 0 aromatic heterocycles. The molecule has 0 fully saturated rings. The first-order valence-electron chi connectivity index (χ1n) is 6.40. The van der Waals surface area contributed by atoms with Crippen LogP contribution in [-0.2, 0) is 0 Å². The highest BCUT2D eigenvalue weighted by atomic mass is 16.7. The van der Waals surface area contributed by atoms with Gasteiger partial charge in [0.15, 0.2) is 11.5 Å². The van der Waals surface area contributed by atoms with Gasteiger partial charge in [0.1, 0.15) is 0 Å². The molecule has 0 atom stereocenters. The Labute approximate surface area is 113 Å². The van der Waals surface area contributed by atoms with Gasteiger partial charge < -0.3 is 20.5 Å². The minimum atomic E-state index is -0.108. The molecule has 5 nitrogen and oxygen atoms in total. The van der Waals surface area contributed by atoms with Crippen molar-refractivity contribution in [1.29, 1.82) is 0 Å². The number of nitrogens with two attached hydrogens (primary N) is 1. The van der Waals surface area contributed by atoms with Crippen LogP contribution in [0.3, 0.4) is 0 Å². The summed E-state index contributed by atoms with van der Waals surface area (Å²) in [6.07, 6.45) is 0.869. The number of rotatable bonds is 5. The summed E-state index contributed by atoms with van der Waals surface area (Å²) in [7, 11) is 0. The van der Waals surface area contributed by atoms with Crippen molar-refractivity contribution in [1.82, 2.24) is 5.32 Å². The molecule has 1 aromatic rings. The van der Waals surface area contributed by atoms with E-state index < -0.39 is 0 Å². The first-order valence-corrected chi connectivity index (χ1v) is 6.40. The molecule has 1 aromatic carbocycles. The van der Waals surface area contributed by atoms with E-state index in [1.807, 2.05) is 0 Å². The Bertz CT molecular complexity index is 472. The van der Waals surface area contributed by atoms with Gasteiger partial charge in [-0.05, 0) is 36.6 Å². The van der Waals surface area contributed by atoms with Crippen LogP contribution in [0.1, 0.15) is 30.6 Å². The molecule has 0 saturated heterocycles. The van der Waals surface area contributed by atoms with E-state index in [-0.39, 0.29) is 18.1 Å². The summed E-state index contributed by atoms with van der Waals surface area (Å²) >= 11 is 0. The van der Waals surface area contributed by atoms with E-state index in [1.54, 1.807) is 18.2 Å². The minimum absolute atomic E-state index is 0.000743. The maximum absolute atomic E-state index is 12.1. The Morgan fingerprint density at radius 2 is 2.11 bits per heavy atom. The number of ether oxygens (including phenoxy) is 2. The first-order chi connectivity index (χ1) is 9.02. The average molecular weight is 264 g/mol. The average Bonchev–Trinajstić information content (AvgIpc) is 2.83. The van der Waals surface area contributed by atoms with Crippen LogP contribution in [0.25, 0.3) is 0 Å². The van der Waals surface area contributed by atoms with Crippen LogP contribution in [0.2, 0.25) is 0 Å². The fourth-order valence-corrected chi connectivity index (χ4v) is 1.94. The summed E-state index contributed by atoms with van der Waals surface area (Å²) in [5.41, 5.74) is 6.13.